The molecular formula is C4H5N3O3S. The van der Waals surface area contributed by atoms with Gasteiger partial charge in [-0.2, -0.15) is 17.6 Å². The van der Waals surface area contributed by atoms with E-state index in [1.807, 2.05) is 0 Å². The topological polar surface area (TPSA) is 100.0 Å². The van der Waals surface area contributed by atoms with E-state index in [0.29, 0.717) is 6.21 Å². The van der Waals surface area contributed by atoms with Gasteiger partial charge < -0.3 is 5.53 Å². The summed E-state index contributed by atoms with van der Waals surface area (Å²) in [4.78, 5) is 12.9. The molecule has 0 aliphatic rings. The number of Topliss-reactive ketones (excluding diaryl/α,β-unsaturated/α-hetero) is 1. The SMILES string of the molecule is [N-]=[N+]=CC(=O)CCN=S(=O)=O. The molecule has 0 aliphatic carbocycles. The summed E-state index contributed by atoms with van der Waals surface area (Å²) in [5.74, 6) is -0.471. The molecule has 60 valence electrons. The van der Waals surface area contributed by atoms with E-state index < -0.39 is 16.3 Å². The Bertz CT molecular complexity index is 303. The molecule has 0 atom stereocenters. The van der Waals surface area contributed by atoms with Gasteiger partial charge in [0.15, 0.2) is 0 Å². The smallest absolute Gasteiger partial charge is 0.323 e. The fourth-order valence-corrected chi connectivity index (χ4v) is 0.600. The van der Waals surface area contributed by atoms with Crippen LogP contribution in [0.25, 0.3) is 5.53 Å². The maximum absolute atomic E-state index is 10.5. The van der Waals surface area contributed by atoms with Crippen molar-refractivity contribution in [1.82, 2.24) is 0 Å². The number of hydrogen-bond acceptors (Lipinski definition) is 4. The number of carbonyl (C=O) groups is 1. The van der Waals surface area contributed by atoms with E-state index in [2.05, 4.69) is 9.15 Å². The lowest BCUT2D eigenvalue weighted by Gasteiger charge is -1.79. The number of hydrogen-bond donors (Lipinski definition) is 0. The Labute approximate surface area is 64.2 Å². The van der Waals surface area contributed by atoms with Crippen molar-refractivity contribution in [3.63, 3.8) is 0 Å². The number of nitrogens with zero attached hydrogens (tertiary/aromatic N) is 3. The van der Waals surface area contributed by atoms with Crippen LogP contribution in [0.1, 0.15) is 6.42 Å². The second-order valence-corrected chi connectivity index (χ2v) is 2.22. The molecule has 0 aliphatic heterocycles. The summed E-state index contributed by atoms with van der Waals surface area (Å²) in [6, 6.07) is 0. The van der Waals surface area contributed by atoms with Crippen LogP contribution in [-0.4, -0.2) is 31.8 Å². The highest BCUT2D eigenvalue weighted by Gasteiger charge is 1.99. The van der Waals surface area contributed by atoms with E-state index in [0.717, 1.165) is 0 Å². The van der Waals surface area contributed by atoms with Crippen LogP contribution in [0.3, 0.4) is 0 Å². The zero-order valence-corrected chi connectivity index (χ0v) is 6.28. The van der Waals surface area contributed by atoms with Gasteiger partial charge in [0.05, 0.1) is 6.54 Å². The molecule has 0 N–H and O–H groups in total. The van der Waals surface area contributed by atoms with E-state index in [4.69, 9.17) is 5.53 Å². The van der Waals surface area contributed by atoms with Gasteiger partial charge in [0.2, 0.25) is 5.78 Å². The highest BCUT2D eigenvalue weighted by molar-refractivity contribution is 7.61. The molecule has 0 fully saturated rings. The first kappa shape index (κ1) is 9.67. The third-order valence-electron chi connectivity index (χ3n) is 0.757. The number of ketones is 1. The molecule has 0 radical (unpaired) electrons. The predicted octanol–water partition coefficient (Wildman–Crippen LogP) is -0.691. The van der Waals surface area contributed by atoms with E-state index in [-0.39, 0.29) is 13.0 Å². The van der Waals surface area contributed by atoms with Gasteiger partial charge in [-0.15, -0.1) is 0 Å². The minimum Gasteiger partial charge on any atom is -0.361 e. The standard InChI is InChI=1S/C4H5N3O3S/c5-6-3-4(8)1-2-7-11(9)10/h3H,1-2H2. The van der Waals surface area contributed by atoms with Crippen molar-refractivity contribution in [2.75, 3.05) is 6.54 Å². The number of rotatable bonds is 4. The highest BCUT2D eigenvalue weighted by Crippen LogP contribution is 1.79. The predicted molar refractivity (Wildman–Crippen MR) is 35.5 cm³/mol. The third-order valence-corrected chi connectivity index (χ3v) is 1.15. The van der Waals surface area contributed by atoms with Crippen LogP contribution in [0, 0.1) is 0 Å². The fourth-order valence-electron chi connectivity index (χ4n) is 0.359. The van der Waals surface area contributed by atoms with Crippen LogP contribution in [-0.2, 0) is 15.3 Å². The molecule has 0 bridgehead atoms. The van der Waals surface area contributed by atoms with Crippen molar-refractivity contribution in [3.05, 3.63) is 5.53 Å². The Morgan fingerprint density at radius 1 is 1.64 bits per heavy atom. The second kappa shape index (κ2) is 5.45. The minimum absolute atomic E-state index is 0.0714. The Morgan fingerprint density at radius 2 is 2.27 bits per heavy atom. The van der Waals surface area contributed by atoms with Crippen molar-refractivity contribution in [1.29, 1.82) is 0 Å². The van der Waals surface area contributed by atoms with Crippen LogP contribution < -0.4 is 0 Å². The van der Waals surface area contributed by atoms with E-state index >= 15 is 0 Å². The van der Waals surface area contributed by atoms with Crippen LogP contribution in [0.2, 0.25) is 0 Å². The van der Waals surface area contributed by atoms with Crippen molar-refractivity contribution < 1.29 is 18.0 Å². The number of carbonyl (C=O) groups excluding carboxylic acids is 1. The van der Waals surface area contributed by atoms with Crippen LogP contribution in [0.15, 0.2) is 4.36 Å². The lowest BCUT2D eigenvalue weighted by molar-refractivity contribution is -0.115. The molecule has 0 saturated carbocycles. The molecule has 0 saturated heterocycles. The van der Waals surface area contributed by atoms with Crippen LogP contribution >= 0.6 is 0 Å². The summed E-state index contributed by atoms with van der Waals surface area (Å²) in [5, 5.41) is 0. The molecule has 7 heteroatoms. The van der Waals surface area contributed by atoms with Gasteiger partial charge in [0.25, 0.3) is 0 Å². The maximum atomic E-state index is 10.5. The fraction of sp³-hybridized carbons (Fsp3) is 0.500. The lowest BCUT2D eigenvalue weighted by atomic mass is 10.3. The summed E-state index contributed by atoms with van der Waals surface area (Å²) in [7, 11) is -2.47. The van der Waals surface area contributed by atoms with Crippen LogP contribution in [0.4, 0.5) is 0 Å². The first-order valence-electron chi connectivity index (χ1n) is 2.64. The average Bonchev–Trinajstić information content (AvgIpc) is 1.87. The minimum atomic E-state index is -2.47. The zero-order chi connectivity index (χ0) is 8.69. The largest absolute Gasteiger partial charge is 0.361 e. The Morgan fingerprint density at radius 3 is 2.73 bits per heavy atom. The molecule has 0 amide bonds. The Kier molecular flexibility index (Phi) is 4.80. The molecule has 6 nitrogen and oxygen atoms in total. The quantitative estimate of drug-likeness (QED) is 0.321. The van der Waals surface area contributed by atoms with Crippen molar-refractivity contribution >= 4 is 22.5 Å². The normalized spacial score (nSPS) is 8.00. The van der Waals surface area contributed by atoms with E-state index in [1.165, 1.54) is 0 Å². The van der Waals surface area contributed by atoms with E-state index in [1.54, 1.807) is 0 Å². The van der Waals surface area contributed by atoms with Gasteiger partial charge in [-0.1, -0.05) is 0 Å². The summed E-state index contributed by atoms with van der Waals surface area (Å²) in [5.41, 5.74) is 7.84. The molecule has 0 heterocycles. The molecule has 0 aromatic heterocycles. The molecule has 0 spiro atoms. The van der Waals surface area contributed by atoms with Gasteiger partial charge in [0, 0.05) is 6.42 Å². The van der Waals surface area contributed by atoms with Crippen molar-refractivity contribution in [2.24, 2.45) is 4.36 Å². The third kappa shape index (κ3) is 6.56. The Balaban J connectivity index is 3.82. The van der Waals surface area contributed by atoms with Crippen molar-refractivity contribution in [2.45, 2.75) is 6.42 Å². The Hall–Kier alpha value is -1.33. The molecule has 0 aromatic carbocycles. The van der Waals surface area contributed by atoms with Gasteiger partial charge in [-0.3, -0.25) is 4.79 Å². The lowest BCUT2D eigenvalue weighted by Crippen LogP contribution is -2.01. The summed E-state index contributed by atoms with van der Waals surface area (Å²) in [6.07, 6.45) is 0.626. The van der Waals surface area contributed by atoms with Crippen LogP contribution in [0.5, 0.6) is 0 Å². The molecule has 0 aromatic rings. The molecule has 0 rings (SSSR count). The highest BCUT2D eigenvalue weighted by atomic mass is 32.2. The van der Waals surface area contributed by atoms with Gasteiger partial charge in [-0.05, 0) is 0 Å². The van der Waals surface area contributed by atoms with E-state index in [9.17, 15) is 13.2 Å². The zero-order valence-electron chi connectivity index (χ0n) is 5.47. The maximum Gasteiger partial charge on any atom is 0.323 e. The molecular weight excluding hydrogens is 170 g/mol. The van der Waals surface area contributed by atoms with Crippen molar-refractivity contribution in [3.8, 4) is 0 Å². The first-order valence-corrected chi connectivity index (χ1v) is 3.67. The molecule has 11 heavy (non-hydrogen) atoms. The summed E-state index contributed by atoms with van der Waals surface area (Å²) in [6.45, 7) is -0.110. The second-order valence-electron chi connectivity index (χ2n) is 1.53. The van der Waals surface area contributed by atoms with Gasteiger partial charge >= 0.3 is 16.7 Å². The molecule has 0 unspecified atom stereocenters. The summed E-state index contributed by atoms with van der Waals surface area (Å²) < 4.78 is 22.6. The first-order chi connectivity index (χ1) is 5.16. The summed E-state index contributed by atoms with van der Waals surface area (Å²) >= 11 is 0. The monoisotopic (exact) mass is 175 g/mol. The van der Waals surface area contributed by atoms with Gasteiger partial charge in [0.1, 0.15) is 0 Å². The van der Waals surface area contributed by atoms with Gasteiger partial charge in [-0.25, -0.2) is 0 Å². The average molecular weight is 175 g/mol.